The third-order valence-corrected chi connectivity index (χ3v) is 8.08. The van der Waals surface area contributed by atoms with Crippen molar-refractivity contribution < 1.29 is 27.1 Å². The van der Waals surface area contributed by atoms with Gasteiger partial charge in [0.15, 0.2) is 0 Å². The standard InChI is InChI=1S/C30H36FN3O5S/c1-5-28(30(36)32-6-2)33(20-23-10-8-9-22(4)19-23)29(35)21-34(25-13-15-26(16-14-25)39-7-3)40(37,38)27-17-11-24(31)12-18-27/h8-19,28H,5-7,20-21H2,1-4H3,(H,32,36). The number of rotatable bonds is 13. The van der Waals surface area contributed by atoms with Gasteiger partial charge in [-0.2, -0.15) is 0 Å². The molecule has 10 heteroatoms. The van der Waals surface area contributed by atoms with E-state index in [9.17, 15) is 22.4 Å². The third kappa shape index (κ3) is 7.59. The second-order valence-corrected chi connectivity index (χ2v) is 11.1. The highest BCUT2D eigenvalue weighted by molar-refractivity contribution is 7.92. The Hall–Kier alpha value is -3.92. The topological polar surface area (TPSA) is 96.0 Å². The van der Waals surface area contributed by atoms with Gasteiger partial charge in [-0.05, 0) is 81.3 Å². The first-order valence-corrected chi connectivity index (χ1v) is 14.7. The number of likely N-dealkylation sites (N-methyl/N-ethyl adjacent to an activating group) is 1. The molecule has 2 amide bonds. The van der Waals surface area contributed by atoms with E-state index in [1.807, 2.05) is 38.1 Å². The lowest BCUT2D eigenvalue weighted by Gasteiger charge is -2.33. The number of sulfonamides is 1. The van der Waals surface area contributed by atoms with Crippen molar-refractivity contribution in [2.45, 2.75) is 51.6 Å². The summed E-state index contributed by atoms with van der Waals surface area (Å²) in [7, 11) is -4.29. The maximum Gasteiger partial charge on any atom is 0.264 e. The Morgan fingerprint density at radius 2 is 1.65 bits per heavy atom. The summed E-state index contributed by atoms with van der Waals surface area (Å²) >= 11 is 0. The Morgan fingerprint density at radius 1 is 0.975 bits per heavy atom. The molecule has 0 heterocycles. The van der Waals surface area contributed by atoms with Crippen molar-refractivity contribution in [3.63, 3.8) is 0 Å². The zero-order chi connectivity index (χ0) is 29.3. The highest BCUT2D eigenvalue weighted by atomic mass is 32.2. The minimum absolute atomic E-state index is 0.115. The Balaban J connectivity index is 2.06. The van der Waals surface area contributed by atoms with Crippen LogP contribution in [0.1, 0.15) is 38.3 Å². The van der Waals surface area contributed by atoms with Crippen LogP contribution in [-0.2, 0) is 26.2 Å². The second kappa shape index (κ2) is 13.9. The number of amides is 2. The molecule has 3 rings (SSSR count). The molecule has 0 spiro atoms. The quantitative estimate of drug-likeness (QED) is 0.323. The Labute approximate surface area is 235 Å². The van der Waals surface area contributed by atoms with Gasteiger partial charge in [-0.1, -0.05) is 36.8 Å². The molecular weight excluding hydrogens is 533 g/mol. The molecule has 214 valence electrons. The molecule has 1 atom stereocenters. The van der Waals surface area contributed by atoms with Crippen LogP contribution in [0.3, 0.4) is 0 Å². The third-order valence-electron chi connectivity index (χ3n) is 6.29. The zero-order valence-electron chi connectivity index (χ0n) is 23.3. The van der Waals surface area contributed by atoms with Crippen LogP contribution in [0.5, 0.6) is 5.75 Å². The van der Waals surface area contributed by atoms with E-state index in [1.165, 1.54) is 4.90 Å². The number of anilines is 1. The van der Waals surface area contributed by atoms with E-state index in [0.717, 1.165) is 39.7 Å². The summed E-state index contributed by atoms with van der Waals surface area (Å²) in [5.74, 6) is -0.918. The van der Waals surface area contributed by atoms with Crippen molar-refractivity contribution in [3.05, 3.63) is 89.7 Å². The number of hydrogen-bond donors (Lipinski definition) is 1. The predicted octanol–water partition coefficient (Wildman–Crippen LogP) is 4.67. The van der Waals surface area contributed by atoms with Crippen LogP contribution in [0.4, 0.5) is 10.1 Å². The number of nitrogens with zero attached hydrogens (tertiary/aromatic N) is 2. The summed E-state index contributed by atoms with van der Waals surface area (Å²) in [6.45, 7) is 7.72. The van der Waals surface area contributed by atoms with E-state index in [2.05, 4.69) is 5.32 Å². The summed E-state index contributed by atoms with van der Waals surface area (Å²) in [5, 5.41) is 2.78. The summed E-state index contributed by atoms with van der Waals surface area (Å²) in [5.41, 5.74) is 2.03. The SMILES string of the molecule is CCNC(=O)C(CC)N(Cc1cccc(C)c1)C(=O)CN(c1ccc(OCC)cc1)S(=O)(=O)c1ccc(F)cc1. The van der Waals surface area contributed by atoms with Crippen molar-refractivity contribution in [1.82, 2.24) is 10.2 Å². The molecule has 0 saturated carbocycles. The van der Waals surface area contributed by atoms with E-state index in [1.54, 1.807) is 38.1 Å². The molecule has 3 aromatic carbocycles. The van der Waals surface area contributed by atoms with Crippen molar-refractivity contribution in [2.75, 3.05) is 24.0 Å². The first-order valence-electron chi connectivity index (χ1n) is 13.2. The molecule has 1 unspecified atom stereocenters. The molecule has 0 radical (unpaired) electrons. The van der Waals surface area contributed by atoms with Crippen LogP contribution in [0.2, 0.25) is 0 Å². The highest BCUT2D eigenvalue weighted by Crippen LogP contribution is 2.27. The Bertz CT molecular complexity index is 1400. The molecule has 1 N–H and O–H groups in total. The fourth-order valence-electron chi connectivity index (χ4n) is 4.36. The highest BCUT2D eigenvalue weighted by Gasteiger charge is 2.33. The molecule has 0 bridgehead atoms. The lowest BCUT2D eigenvalue weighted by atomic mass is 10.1. The number of aryl methyl sites for hydroxylation is 1. The number of carbonyl (C=O) groups is 2. The molecule has 0 aliphatic rings. The lowest BCUT2D eigenvalue weighted by molar-refractivity contribution is -0.140. The smallest absolute Gasteiger partial charge is 0.264 e. The maximum absolute atomic E-state index is 14.0. The molecule has 0 saturated heterocycles. The van der Waals surface area contributed by atoms with Gasteiger partial charge in [0.05, 0.1) is 17.2 Å². The molecule has 8 nitrogen and oxygen atoms in total. The minimum atomic E-state index is -4.29. The van der Waals surface area contributed by atoms with Crippen LogP contribution in [-0.4, -0.2) is 50.9 Å². The minimum Gasteiger partial charge on any atom is -0.494 e. The molecular formula is C30H36FN3O5S. The molecule has 0 aromatic heterocycles. The van der Waals surface area contributed by atoms with Gasteiger partial charge < -0.3 is 15.0 Å². The number of hydrogen-bond acceptors (Lipinski definition) is 5. The van der Waals surface area contributed by atoms with Gasteiger partial charge >= 0.3 is 0 Å². The fourth-order valence-corrected chi connectivity index (χ4v) is 5.77. The van der Waals surface area contributed by atoms with E-state index in [-0.39, 0.29) is 23.0 Å². The van der Waals surface area contributed by atoms with Crippen molar-refractivity contribution >= 4 is 27.5 Å². The zero-order valence-corrected chi connectivity index (χ0v) is 24.1. The molecule has 0 fully saturated rings. The van der Waals surface area contributed by atoms with Crippen LogP contribution in [0.15, 0.2) is 77.7 Å². The van der Waals surface area contributed by atoms with E-state index < -0.39 is 34.3 Å². The number of halogens is 1. The van der Waals surface area contributed by atoms with Crippen LogP contribution < -0.4 is 14.4 Å². The summed E-state index contributed by atoms with van der Waals surface area (Å²) < 4.78 is 47.7. The van der Waals surface area contributed by atoms with Crippen molar-refractivity contribution in [2.24, 2.45) is 0 Å². The summed E-state index contributed by atoms with van der Waals surface area (Å²) in [6.07, 6.45) is 0.331. The van der Waals surface area contributed by atoms with E-state index in [4.69, 9.17) is 4.74 Å². The van der Waals surface area contributed by atoms with Gasteiger partial charge in [0, 0.05) is 13.1 Å². The molecule has 0 aliphatic heterocycles. The van der Waals surface area contributed by atoms with Gasteiger partial charge in [-0.25, -0.2) is 12.8 Å². The number of ether oxygens (including phenoxy) is 1. The molecule has 0 aliphatic carbocycles. The molecule has 40 heavy (non-hydrogen) atoms. The van der Waals surface area contributed by atoms with Gasteiger partial charge in [-0.3, -0.25) is 13.9 Å². The lowest BCUT2D eigenvalue weighted by Crippen LogP contribution is -2.52. The average Bonchev–Trinajstić information content (AvgIpc) is 2.92. The number of nitrogens with one attached hydrogen (secondary N) is 1. The van der Waals surface area contributed by atoms with Crippen LogP contribution in [0, 0.1) is 12.7 Å². The maximum atomic E-state index is 14.0. The molecule has 3 aromatic rings. The predicted molar refractivity (Wildman–Crippen MR) is 153 cm³/mol. The first-order chi connectivity index (χ1) is 19.1. The van der Waals surface area contributed by atoms with Crippen LogP contribution in [0.25, 0.3) is 0 Å². The van der Waals surface area contributed by atoms with Gasteiger partial charge in [-0.15, -0.1) is 0 Å². The van der Waals surface area contributed by atoms with Crippen LogP contribution >= 0.6 is 0 Å². The summed E-state index contributed by atoms with van der Waals surface area (Å²) in [6, 6.07) is 17.5. The Kier molecular flexibility index (Phi) is 10.7. The number of carbonyl (C=O) groups excluding carboxylic acids is 2. The normalized spacial score (nSPS) is 11.9. The van der Waals surface area contributed by atoms with Gasteiger partial charge in [0.2, 0.25) is 11.8 Å². The van der Waals surface area contributed by atoms with Gasteiger partial charge in [0.25, 0.3) is 10.0 Å². The fraction of sp³-hybridized carbons (Fsp3) is 0.333. The average molecular weight is 570 g/mol. The Morgan fingerprint density at radius 3 is 2.23 bits per heavy atom. The van der Waals surface area contributed by atoms with E-state index in [0.29, 0.717) is 25.3 Å². The van der Waals surface area contributed by atoms with Crippen molar-refractivity contribution in [1.29, 1.82) is 0 Å². The summed E-state index contributed by atoms with van der Waals surface area (Å²) in [4.78, 5) is 28.2. The largest absolute Gasteiger partial charge is 0.494 e. The van der Waals surface area contributed by atoms with E-state index >= 15 is 0 Å². The monoisotopic (exact) mass is 569 g/mol. The second-order valence-electron chi connectivity index (χ2n) is 9.22. The van der Waals surface area contributed by atoms with Crippen molar-refractivity contribution in [3.8, 4) is 5.75 Å². The number of benzene rings is 3. The van der Waals surface area contributed by atoms with Gasteiger partial charge in [0.1, 0.15) is 24.2 Å². The first kappa shape index (κ1) is 30.6.